The van der Waals surface area contributed by atoms with Crippen LogP contribution >= 0.6 is 21.6 Å². The largest absolute Gasteiger partial charge is 0.508 e. The number of benzene rings is 5. The maximum atomic E-state index is 15.2. The standard InChI is InChI=1S/C63H76N6O10S2/c1-36(2)49-32-58(74)53(17-8-9-24-64)67-61(77)44(28-42-14-10-16-48-47-15-7-6-13-43(47)29-51(42)48)30-57(73)54(27-38-19-22-46(71)23-20-38)68-62(78)45(31-56(72)52(65)26-39-18-21-40-11-4-5-12-41(40)25-39)34-80-81-35-55(69-63(49)79)59(75)33-50(37(3)70)60(66)76/h4-7,10-16,18-23,25,36-37,44-45,49-50,52-55,70-71H,8-9,17,24,26-35,64-65H2,1-3H3,(H2,66,76)(H,67,77)(H,68,78)(H,69,79)/t37?,44-,45-,49-,50-,52+,53-,54-,55-/m0/s1. The normalized spacial score (nSPS) is 21.7. The van der Waals surface area contributed by atoms with E-state index in [9.17, 15) is 39.0 Å². The molecule has 0 aromatic heterocycles. The fraction of sp³-hybridized carbons (Fsp3) is 0.429. The number of aliphatic hydroxyl groups excluding tert-OH is 1. The Labute approximate surface area is 481 Å². The molecule has 1 unspecified atom stereocenters. The Kier molecular flexibility index (Phi) is 22.4. The van der Waals surface area contributed by atoms with Crippen molar-refractivity contribution in [2.24, 2.45) is 46.8 Å². The maximum Gasteiger partial charge on any atom is 0.225 e. The van der Waals surface area contributed by atoms with E-state index < -0.39 is 113 Å². The topological polar surface area (TPSA) is 291 Å². The number of nitrogens with one attached hydrogen (secondary N) is 3. The van der Waals surface area contributed by atoms with E-state index in [2.05, 4.69) is 22.0 Å². The number of phenolic OH excluding ortho intramolecular Hbond substituents is 1. The van der Waals surface area contributed by atoms with Crippen molar-refractivity contribution < 1.29 is 48.6 Å². The van der Waals surface area contributed by atoms with Crippen molar-refractivity contribution in [1.29, 1.82) is 0 Å². The molecular weight excluding hydrogens is 1060 g/mol. The number of hydrogen-bond acceptors (Lipinski definition) is 14. The fourth-order valence-electron chi connectivity index (χ4n) is 10.8. The first-order chi connectivity index (χ1) is 38.8. The summed E-state index contributed by atoms with van der Waals surface area (Å²) in [5, 5.41) is 31.5. The van der Waals surface area contributed by atoms with Crippen molar-refractivity contribution in [2.45, 2.75) is 122 Å². The number of carbonyl (C=O) groups excluding carboxylic acids is 8. The molecule has 1 saturated heterocycles. The highest BCUT2D eigenvalue weighted by Crippen LogP contribution is 2.39. The molecule has 1 heterocycles. The molecule has 1 aliphatic carbocycles. The van der Waals surface area contributed by atoms with Crippen LogP contribution in [0.25, 0.3) is 21.9 Å². The second kappa shape index (κ2) is 29.3. The van der Waals surface area contributed by atoms with Gasteiger partial charge in [-0.2, -0.15) is 0 Å². The van der Waals surface area contributed by atoms with Gasteiger partial charge in [0, 0.05) is 49.0 Å². The van der Waals surface area contributed by atoms with Crippen LogP contribution < -0.4 is 33.2 Å². The minimum absolute atomic E-state index is 0.0119. The molecule has 0 saturated carbocycles. The highest BCUT2D eigenvalue weighted by Gasteiger charge is 2.37. The lowest BCUT2D eigenvalue weighted by atomic mass is 9.85. The Balaban J connectivity index is 1.27. The van der Waals surface area contributed by atoms with Gasteiger partial charge < -0.3 is 43.4 Å². The lowest BCUT2D eigenvalue weighted by Gasteiger charge is -2.28. The molecule has 4 amide bonds. The number of hydrogen-bond donors (Lipinski definition) is 8. The van der Waals surface area contributed by atoms with Gasteiger partial charge in [0.25, 0.3) is 0 Å². The maximum absolute atomic E-state index is 15.2. The van der Waals surface area contributed by atoms with E-state index in [1.165, 1.54) is 19.1 Å². The van der Waals surface area contributed by atoms with Crippen LogP contribution in [0, 0.1) is 29.6 Å². The Hall–Kier alpha value is -6.70. The Morgan fingerprint density at radius 1 is 0.691 bits per heavy atom. The summed E-state index contributed by atoms with van der Waals surface area (Å²) in [6.45, 7) is 5.19. The quantitative estimate of drug-likeness (QED) is 0.0328. The number of rotatable bonds is 19. The van der Waals surface area contributed by atoms with Gasteiger partial charge in [-0.15, -0.1) is 0 Å². The summed E-state index contributed by atoms with van der Waals surface area (Å²) in [5.74, 6) is -9.70. The Morgan fingerprint density at radius 3 is 2.06 bits per heavy atom. The third-order valence-corrected chi connectivity index (χ3v) is 18.2. The molecule has 11 N–H and O–H groups in total. The van der Waals surface area contributed by atoms with Crippen LogP contribution in [0.4, 0.5) is 0 Å². The summed E-state index contributed by atoms with van der Waals surface area (Å²) < 4.78 is 0. The molecular formula is C63H76N6O10S2. The number of Topliss-reactive ketones (excluding diaryl/α,β-unsaturated/α-hetero) is 4. The van der Waals surface area contributed by atoms with E-state index in [1.54, 1.807) is 26.0 Å². The molecule has 18 heteroatoms. The molecule has 1 fully saturated rings. The molecule has 430 valence electrons. The van der Waals surface area contributed by atoms with Gasteiger partial charge in [-0.1, -0.05) is 132 Å². The number of amides is 4. The van der Waals surface area contributed by atoms with Gasteiger partial charge in [-0.25, -0.2) is 0 Å². The van der Waals surface area contributed by atoms with Crippen molar-refractivity contribution in [3.05, 3.63) is 137 Å². The molecule has 0 spiro atoms. The van der Waals surface area contributed by atoms with E-state index >= 15 is 9.59 Å². The number of phenols is 1. The van der Waals surface area contributed by atoms with Crippen LogP contribution in [0.3, 0.4) is 0 Å². The molecule has 5 aromatic carbocycles. The molecule has 1 aliphatic heterocycles. The molecule has 16 nitrogen and oxygen atoms in total. The lowest BCUT2D eigenvalue weighted by Crippen LogP contribution is -2.50. The van der Waals surface area contributed by atoms with Gasteiger partial charge in [0.1, 0.15) is 5.75 Å². The summed E-state index contributed by atoms with van der Waals surface area (Å²) in [6.07, 6.45) is -0.801. The van der Waals surface area contributed by atoms with Crippen LogP contribution in [0.1, 0.15) is 93.5 Å². The zero-order valence-electron chi connectivity index (χ0n) is 46.3. The Bertz CT molecular complexity index is 3080. The molecule has 0 radical (unpaired) electrons. The minimum atomic E-state index is -1.29. The number of ketones is 4. The minimum Gasteiger partial charge on any atom is -0.508 e. The van der Waals surface area contributed by atoms with Crippen molar-refractivity contribution in [1.82, 2.24) is 16.0 Å². The second-order valence-electron chi connectivity index (χ2n) is 22.1. The summed E-state index contributed by atoms with van der Waals surface area (Å²) in [5.41, 5.74) is 24.6. The van der Waals surface area contributed by atoms with Gasteiger partial charge in [0.15, 0.2) is 23.1 Å². The van der Waals surface area contributed by atoms with Gasteiger partial charge in [0.05, 0.1) is 42.1 Å². The second-order valence-corrected chi connectivity index (χ2v) is 24.6. The monoisotopic (exact) mass is 1140 g/mol. The van der Waals surface area contributed by atoms with Gasteiger partial charge in [-0.3, -0.25) is 38.4 Å². The first kappa shape index (κ1) is 61.9. The molecule has 2 aliphatic rings. The lowest BCUT2D eigenvalue weighted by molar-refractivity contribution is -0.136. The number of aliphatic hydroxyl groups is 1. The molecule has 81 heavy (non-hydrogen) atoms. The highest BCUT2D eigenvalue weighted by molar-refractivity contribution is 8.76. The van der Waals surface area contributed by atoms with Crippen molar-refractivity contribution in [3.8, 4) is 16.9 Å². The molecule has 9 atom stereocenters. The number of primary amides is 1. The van der Waals surface area contributed by atoms with Crippen molar-refractivity contribution >= 4 is 79.1 Å². The van der Waals surface area contributed by atoms with Gasteiger partial charge >= 0.3 is 0 Å². The average Bonchev–Trinajstić information content (AvgIpc) is 4.12. The zero-order chi connectivity index (χ0) is 58.3. The van der Waals surface area contributed by atoms with E-state index in [0.717, 1.165) is 65.7 Å². The zero-order valence-corrected chi connectivity index (χ0v) is 47.9. The number of fused-ring (bicyclic) bond motifs is 4. The molecule has 5 aromatic rings. The molecule has 0 bridgehead atoms. The first-order valence-corrected chi connectivity index (χ1v) is 30.4. The predicted molar refractivity (Wildman–Crippen MR) is 318 cm³/mol. The SMILES string of the molecule is CC(C)[C@@H]1CC(=O)[C@H](CCCCN)NC(=O)[C@@H](Cc2cccc3c2Cc2ccccc2-3)CC(=O)[C@H](Cc2ccc(O)cc2)NC(=O)[C@@H](CC(=O)[C@H](N)Cc2ccc3ccccc3c2)CSSC[C@@H](C(=O)C[C@H](C(N)=O)C(C)O)NC1=O. The van der Waals surface area contributed by atoms with Crippen molar-refractivity contribution in [3.63, 3.8) is 0 Å². The summed E-state index contributed by atoms with van der Waals surface area (Å²) in [7, 11) is 2.28. The predicted octanol–water partition coefficient (Wildman–Crippen LogP) is 6.27. The Morgan fingerprint density at radius 2 is 1.35 bits per heavy atom. The van der Waals surface area contributed by atoms with E-state index in [1.807, 2.05) is 78.9 Å². The first-order valence-electron chi connectivity index (χ1n) is 27.9. The number of carbonyl (C=O) groups is 8. The fourth-order valence-corrected chi connectivity index (χ4v) is 13.3. The summed E-state index contributed by atoms with van der Waals surface area (Å²) >= 11 is 0. The van der Waals surface area contributed by atoms with E-state index in [4.69, 9.17) is 17.2 Å². The summed E-state index contributed by atoms with van der Waals surface area (Å²) in [6, 6.07) is 29.1. The summed E-state index contributed by atoms with van der Waals surface area (Å²) in [4.78, 5) is 115. The molecule has 7 rings (SSSR count). The highest BCUT2D eigenvalue weighted by atomic mass is 33.1. The average molecular weight is 1140 g/mol. The van der Waals surface area contributed by atoms with Crippen LogP contribution in [0.15, 0.2) is 109 Å². The number of unbranched alkanes of at least 4 members (excludes halogenated alkanes) is 1. The van der Waals surface area contributed by atoms with Crippen LogP contribution in [-0.2, 0) is 64.0 Å². The third-order valence-electron chi connectivity index (χ3n) is 15.7. The smallest absolute Gasteiger partial charge is 0.225 e. The van der Waals surface area contributed by atoms with E-state index in [-0.39, 0.29) is 62.2 Å². The van der Waals surface area contributed by atoms with Gasteiger partial charge in [-0.05, 0) is 126 Å². The van der Waals surface area contributed by atoms with Crippen LogP contribution in [0.2, 0.25) is 0 Å². The van der Waals surface area contributed by atoms with Crippen molar-refractivity contribution in [2.75, 3.05) is 18.1 Å². The van der Waals surface area contributed by atoms with Crippen LogP contribution in [0.5, 0.6) is 5.75 Å². The number of aromatic hydroxyl groups is 1. The van der Waals surface area contributed by atoms with E-state index in [0.29, 0.717) is 31.4 Å². The third kappa shape index (κ3) is 16.9. The van der Waals surface area contributed by atoms with Gasteiger partial charge in [0.2, 0.25) is 23.6 Å². The number of nitrogens with two attached hydrogens (primary N) is 3. The van der Waals surface area contributed by atoms with Crippen LogP contribution in [-0.4, -0.2) is 105 Å².